The maximum atomic E-state index is 8.99. The van der Waals surface area contributed by atoms with E-state index in [-0.39, 0.29) is 0 Å². The van der Waals surface area contributed by atoms with Crippen molar-refractivity contribution in [3.05, 3.63) is 59.7 Å². The number of methoxy groups -OCH3 is 1. The quantitative estimate of drug-likeness (QED) is 0.823. The van der Waals surface area contributed by atoms with E-state index in [0.29, 0.717) is 17.9 Å². The predicted molar refractivity (Wildman–Crippen MR) is 68.5 cm³/mol. The molecular formula is C15H13NO2. The lowest BCUT2D eigenvalue weighted by Gasteiger charge is -2.08. The summed E-state index contributed by atoms with van der Waals surface area (Å²) in [5.74, 6) is 1.40. The van der Waals surface area contributed by atoms with E-state index in [0.717, 1.165) is 11.3 Å². The average Bonchev–Trinajstić information content (AvgIpc) is 2.45. The van der Waals surface area contributed by atoms with Crippen LogP contribution < -0.4 is 9.47 Å². The number of nitriles is 1. The minimum atomic E-state index is 0.433. The van der Waals surface area contributed by atoms with E-state index in [2.05, 4.69) is 6.07 Å². The van der Waals surface area contributed by atoms with E-state index < -0.39 is 0 Å². The standard InChI is InChI=1S/C15H13NO2/c1-17-15-8-7-12(9-13(15)10-16)11-18-14-5-3-2-4-6-14/h2-9H,11H2,1H3. The van der Waals surface area contributed by atoms with Gasteiger partial charge in [0.15, 0.2) is 0 Å². The molecule has 0 aliphatic rings. The summed E-state index contributed by atoms with van der Waals surface area (Å²) in [6, 6.07) is 17.1. The monoisotopic (exact) mass is 239 g/mol. The molecule has 2 aromatic rings. The zero-order chi connectivity index (χ0) is 12.8. The van der Waals surface area contributed by atoms with Crippen LogP contribution in [-0.4, -0.2) is 7.11 Å². The van der Waals surface area contributed by atoms with Crippen molar-refractivity contribution in [2.45, 2.75) is 6.61 Å². The Bertz CT molecular complexity index is 558. The molecule has 3 nitrogen and oxygen atoms in total. The van der Waals surface area contributed by atoms with Crippen LogP contribution in [0.4, 0.5) is 0 Å². The van der Waals surface area contributed by atoms with Crippen LogP contribution >= 0.6 is 0 Å². The second kappa shape index (κ2) is 5.74. The Morgan fingerprint density at radius 3 is 2.56 bits per heavy atom. The molecule has 0 unspecified atom stereocenters. The van der Waals surface area contributed by atoms with Crippen molar-refractivity contribution in [1.29, 1.82) is 5.26 Å². The first-order chi connectivity index (χ1) is 8.83. The molecule has 0 bridgehead atoms. The van der Waals surface area contributed by atoms with Crippen LogP contribution in [0.3, 0.4) is 0 Å². The third-order valence-electron chi connectivity index (χ3n) is 2.53. The van der Waals surface area contributed by atoms with Crippen LogP contribution in [0.1, 0.15) is 11.1 Å². The highest BCUT2D eigenvalue weighted by molar-refractivity contribution is 5.45. The summed E-state index contributed by atoms with van der Waals surface area (Å²) in [7, 11) is 1.55. The van der Waals surface area contributed by atoms with Gasteiger partial charge in [0.05, 0.1) is 12.7 Å². The summed E-state index contributed by atoms with van der Waals surface area (Å²) in [4.78, 5) is 0. The first kappa shape index (κ1) is 12.0. The Morgan fingerprint density at radius 2 is 1.89 bits per heavy atom. The summed E-state index contributed by atoms with van der Waals surface area (Å²) in [6.45, 7) is 0.433. The SMILES string of the molecule is COc1ccc(COc2ccccc2)cc1C#N. The fraction of sp³-hybridized carbons (Fsp3) is 0.133. The maximum Gasteiger partial charge on any atom is 0.136 e. The molecule has 2 rings (SSSR count). The molecule has 0 N–H and O–H groups in total. The van der Waals surface area contributed by atoms with Crippen molar-refractivity contribution in [2.24, 2.45) is 0 Å². The second-order valence-electron chi connectivity index (χ2n) is 3.75. The van der Waals surface area contributed by atoms with Crippen molar-refractivity contribution >= 4 is 0 Å². The lowest BCUT2D eigenvalue weighted by atomic mass is 10.1. The van der Waals surface area contributed by atoms with Gasteiger partial charge >= 0.3 is 0 Å². The maximum absolute atomic E-state index is 8.99. The fourth-order valence-electron chi connectivity index (χ4n) is 1.62. The van der Waals surface area contributed by atoms with Gasteiger partial charge in [0.2, 0.25) is 0 Å². The highest BCUT2D eigenvalue weighted by Crippen LogP contribution is 2.20. The van der Waals surface area contributed by atoms with Gasteiger partial charge in [0, 0.05) is 0 Å². The van der Waals surface area contributed by atoms with Gasteiger partial charge in [-0.05, 0) is 29.8 Å². The van der Waals surface area contributed by atoms with Crippen molar-refractivity contribution in [2.75, 3.05) is 7.11 Å². The van der Waals surface area contributed by atoms with Crippen molar-refractivity contribution < 1.29 is 9.47 Å². The van der Waals surface area contributed by atoms with E-state index in [1.807, 2.05) is 36.4 Å². The molecule has 0 saturated heterocycles. The summed E-state index contributed by atoms with van der Waals surface area (Å²) in [5, 5.41) is 8.99. The number of ether oxygens (including phenoxy) is 2. The molecule has 0 amide bonds. The van der Waals surface area contributed by atoms with E-state index in [9.17, 15) is 0 Å². The minimum absolute atomic E-state index is 0.433. The Balaban J connectivity index is 2.09. The third kappa shape index (κ3) is 2.80. The molecule has 90 valence electrons. The second-order valence-corrected chi connectivity index (χ2v) is 3.75. The lowest BCUT2D eigenvalue weighted by molar-refractivity contribution is 0.306. The fourth-order valence-corrected chi connectivity index (χ4v) is 1.62. The van der Waals surface area contributed by atoms with Crippen molar-refractivity contribution in [3.8, 4) is 17.6 Å². The van der Waals surface area contributed by atoms with Gasteiger partial charge in [-0.15, -0.1) is 0 Å². The van der Waals surface area contributed by atoms with E-state index >= 15 is 0 Å². The molecule has 3 heteroatoms. The Kier molecular flexibility index (Phi) is 3.83. The van der Waals surface area contributed by atoms with Crippen LogP contribution in [0.2, 0.25) is 0 Å². The molecule has 0 spiro atoms. The topological polar surface area (TPSA) is 42.2 Å². The number of nitrogens with zero attached hydrogens (tertiary/aromatic N) is 1. The van der Waals surface area contributed by atoms with Crippen LogP contribution in [0.5, 0.6) is 11.5 Å². The molecule has 18 heavy (non-hydrogen) atoms. The predicted octanol–water partition coefficient (Wildman–Crippen LogP) is 3.15. The number of hydrogen-bond donors (Lipinski definition) is 0. The summed E-state index contributed by atoms with van der Waals surface area (Å²) in [6.07, 6.45) is 0. The van der Waals surface area contributed by atoms with Crippen LogP contribution in [-0.2, 0) is 6.61 Å². The van der Waals surface area contributed by atoms with Crippen LogP contribution in [0, 0.1) is 11.3 Å². The van der Waals surface area contributed by atoms with Crippen LogP contribution in [0.25, 0.3) is 0 Å². The zero-order valence-corrected chi connectivity index (χ0v) is 10.1. The van der Waals surface area contributed by atoms with Gasteiger partial charge in [0.1, 0.15) is 24.2 Å². The Hall–Kier alpha value is -2.47. The van der Waals surface area contributed by atoms with Crippen molar-refractivity contribution in [3.63, 3.8) is 0 Å². The average molecular weight is 239 g/mol. The molecule has 0 aromatic heterocycles. The molecule has 0 heterocycles. The van der Waals surface area contributed by atoms with E-state index in [1.165, 1.54) is 0 Å². The Morgan fingerprint density at radius 1 is 1.11 bits per heavy atom. The summed E-state index contributed by atoms with van der Waals surface area (Å²) < 4.78 is 10.7. The highest BCUT2D eigenvalue weighted by Gasteiger charge is 2.04. The van der Waals surface area contributed by atoms with E-state index in [1.54, 1.807) is 19.2 Å². The summed E-state index contributed by atoms with van der Waals surface area (Å²) >= 11 is 0. The molecule has 0 radical (unpaired) electrons. The lowest BCUT2D eigenvalue weighted by Crippen LogP contribution is -1.97. The molecule has 0 aliphatic carbocycles. The van der Waals surface area contributed by atoms with Gasteiger partial charge in [-0.25, -0.2) is 0 Å². The number of hydrogen-bond acceptors (Lipinski definition) is 3. The van der Waals surface area contributed by atoms with E-state index in [4.69, 9.17) is 14.7 Å². The Labute approximate surface area is 106 Å². The highest BCUT2D eigenvalue weighted by atomic mass is 16.5. The summed E-state index contributed by atoms with van der Waals surface area (Å²) in [5.41, 5.74) is 1.46. The van der Waals surface area contributed by atoms with Crippen LogP contribution in [0.15, 0.2) is 48.5 Å². The molecule has 0 aliphatic heterocycles. The van der Waals surface area contributed by atoms with Gasteiger partial charge in [-0.1, -0.05) is 24.3 Å². The molecule has 2 aromatic carbocycles. The van der Waals surface area contributed by atoms with Gasteiger partial charge in [0.25, 0.3) is 0 Å². The van der Waals surface area contributed by atoms with Gasteiger partial charge in [-0.2, -0.15) is 5.26 Å². The van der Waals surface area contributed by atoms with Gasteiger partial charge < -0.3 is 9.47 Å². The number of benzene rings is 2. The molecule has 0 fully saturated rings. The molecular weight excluding hydrogens is 226 g/mol. The van der Waals surface area contributed by atoms with Gasteiger partial charge in [-0.3, -0.25) is 0 Å². The third-order valence-corrected chi connectivity index (χ3v) is 2.53. The zero-order valence-electron chi connectivity index (χ0n) is 10.1. The van der Waals surface area contributed by atoms with Crippen molar-refractivity contribution in [1.82, 2.24) is 0 Å². The number of rotatable bonds is 4. The first-order valence-electron chi connectivity index (χ1n) is 5.58. The first-order valence-corrected chi connectivity index (χ1v) is 5.58. The number of para-hydroxylation sites is 1. The molecule has 0 saturated carbocycles. The largest absolute Gasteiger partial charge is 0.495 e. The smallest absolute Gasteiger partial charge is 0.136 e. The molecule has 0 atom stereocenters. The minimum Gasteiger partial charge on any atom is -0.495 e. The normalized spacial score (nSPS) is 9.56.